The van der Waals surface area contributed by atoms with Crippen molar-refractivity contribution in [2.24, 2.45) is 5.41 Å². The summed E-state index contributed by atoms with van der Waals surface area (Å²) in [5, 5.41) is 3.39. The van der Waals surface area contributed by atoms with E-state index < -0.39 is 0 Å². The van der Waals surface area contributed by atoms with Crippen LogP contribution in [0.5, 0.6) is 0 Å². The monoisotopic (exact) mass is 185 g/mol. The van der Waals surface area contributed by atoms with E-state index in [2.05, 4.69) is 40.1 Å². The highest BCUT2D eigenvalue weighted by Gasteiger charge is 2.11. The standard InChI is InChI=1S/C12H27N/c1-6-8-11(13-5)9-7-10-12(2,3)4/h11,13H,6-10H2,1-5H3. The van der Waals surface area contributed by atoms with Gasteiger partial charge in [0.2, 0.25) is 0 Å². The predicted octanol–water partition coefficient (Wildman–Crippen LogP) is 3.59. The van der Waals surface area contributed by atoms with Crippen molar-refractivity contribution in [3.63, 3.8) is 0 Å². The zero-order chi connectivity index (χ0) is 10.3. The van der Waals surface area contributed by atoms with Gasteiger partial charge >= 0.3 is 0 Å². The molecule has 0 aromatic carbocycles. The van der Waals surface area contributed by atoms with Crippen LogP contribution >= 0.6 is 0 Å². The molecule has 1 unspecified atom stereocenters. The average molecular weight is 185 g/mol. The minimum Gasteiger partial charge on any atom is -0.317 e. The van der Waals surface area contributed by atoms with E-state index >= 15 is 0 Å². The normalized spacial score (nSPS) is 14.5. The number of hydrogen-bond donors (Lipinski definition) is 1. The fraction of sp³-hybridized carbons (Fsp3) is 1.00. The van der Waals surface area contributed by atoms with E-state index in [1.54, 1.807) is 0 Å². The van der Waals surface area contributed by atoms with E-state index in [0.29, 0.717) is 5.41 Å². The van der Waals surface area contributed by atoms with Gasteiger partial charge in [-0.2, -0.15) is 0 Å². The summed E-state index contributed by atoms with van der Waals surface area (Å²) in [6.07, 6.45) is 6.65. The summed E-state index contributed by atoms with van der Waals surface area (Å²) in [5.74, 6) is 0. The van der Waals surface area contributed by atoms with Gasteiger partial charge in [-0.15, -0.1) is 0 Å². The summed E-state index contributed by atoms with van der Waals surface area (Å²) in [4.78, 5) is 0. The lowest BCUT2D eigenvalue weighted by atomic mass is 9.88. The molecule has 0 fully saturated rings. The predicted molar refractivity (Wildman–Crippen MR) is 61.1 cm³/mol. The fourth-order valence-corrected chi connectivity index (χ4v) is 1.66. The van der Waals surface area contributed by atoms with Gasteiger partial charge in [-0.1, -0.05) is 40.5 Å². The molecule has 0 saturated heterocycles. The summed E-state index contributed by atoms with van der Waals surface area (Å²) in [6.45, 7) is 9.22. The molecule has 0 aliphatic rings. The van der Waals surface area contributed by atoms with Gasteiger partial charge in [-0.3, -0.25) is 0 Å². The molecule has 1 N–H and O–H groups in total. The molecule has 0 aliphatic carbocycles. The summed E-state index contributed by atoms with van der Waals surface area (Å²) >= 11 is 0. The van der Waals surface area contributed by atoms with E-state index in [1.807, 2.05) is 0 Å². The Hall–Kier alpha value is -0.0400. The van der Waals surface area contributed by atoms with Gasteiger partial charge in [-0.05, 0) is 31.7 Å². The maximum atomic E-state index is 3.39. The Balaban J connectivity index is 3.49. The van der Waals surface area contributed by atoms with E-state index in [1.165, 1.54) is 32.1 Å². The van der Waals surface area contributed by atoms with Gasteiger partial charge < -0.3 is 5.32 Å². The molecule has 0 aliphatic heterocycles. The maximum Gasteiger partial charge on any atom is 0.00639 e. The first-order valence-corrected chi connectivity index (χ1v) is 5.67. The van der Waals surface area contributed by atoms with Crippen molar-refractivity contribution >= 4 is 0 Å². The van der Waals surface area contributed by atoms with Gasteiger partial charge in [0.25, 0.3) is 0 Å². The molecule has 0 amide bonds. The third-order valence-electron chi connectivity index (χ3n) is 2.52. The van der Waals surface area contributed by atoms with Crippen LogP contribution < -0.4 is 5.32 Å². The molecule has 0 radical (unpaired) electrons. The number of nitrogens with one attached hydrogen (secondary N) is 1. The molecule has 1 heteroatoms. The molecule has 1 nitrogen and oxygen atoms in total. The van der Waals surface area contributed by atoms with E-state index in [4.69, 9.17) is 0 Å². The Morgan fingerprint density at radius 2 is 1.77 bits per heavy atom. The lowest BCUT2D eigenvalue weighted by Gasteiger charge is -2.20. The highest BCUT2D eigenvalue weighted by molar-refractivity contribution is 4.67. The smallest absolute Gasteiger partial charge is 0.00639 e. The second-order valence-corrected chi connectivity index (χ2v) is 5.23. The fourth-order valence-electron chi connectivity index (χ4n) is 1.66. The van der Waals surface area contributed by atoms with Crippen molar-refractivity contribution in [1.29, 1.82) is 0 Å². The van der Waals surface area contributed by atoms with Crippen molar-refractivity contribution in [1.82, 2.24) is 5.32 Å². The quantitative estimate of drug-likeness (QED) is 0.667. The van der Waals surface area contributed by atoms with Gasteiger partial charge in [0.1, 0.15) is 0 Å². The topological polar surface area (TPSA) is 12.0 Å². The van der Waals surface area contributed by atoms with Crippen molar-refractivity contribution in [3.05, 3.63) is 0 Å². The molecule has 0 heterocycles. The molecular formula is C12H27N. The molecule has 13 heavy (non-hydrogen) atoms. The van der Waals surface area contributed by atoms with Gasteiger partial charge in [0, 0.05) is 6.04 Å². The summed E-state index contributed by atoms with van der Waals surface area (Å²) in [7, 11) is 2.08. The molecule has 0 aromatic heterocycles. The van der Waals surface area contributed by atoms with Crippen molar-refractivity contribution in [2.45, 2.75) is 65.8 Å². The van der Waals surface area contributed by atoms with Crippen LogP contribution in [0.1, 0.15) is 59.8 Å². The first-order valence-electron chi connectivity index (χ1n) is 5.67. The molecular weight excluding hydrogens is 158 g/mol. The molecule has 0 spiro atoms. The van der Waals surface area contributed by atoms with Crippen LogP contribution in [-0.2, 0) is 0 Å². The minimum atomic E-state index is 0.504. The first kappa shape index (κ1) is 13.0. The van der Waals surface area contributed by atoms with Gasteiger partial charge in [0.15, 0.2) is 0 Å². The zero-order valence-corrected chi connectivity index (χ0v) is 10.1. The molecule has 0 aromatic rings. The third-order valence-corrected chi connectivity index (χ3v) is 2.52. The van der Waals surface area contributed by atoms with Crippen LogP contribution in [0.4, 0.5) is 0 Å². The SMILES string of the molecule is CCCC(CCCC(C)(C)C)NC. The first-order chi connectivity index (χ1) is 5.99. The second kappa shape index (κ2) is 6.42. The largest absolute Gasteiger partial charge is 0.317 e. The van der Waals surface area contributed by atoms with E-state index in [9.17, 15) is 0 Å². The maximum absolute atomic E-state index is 3.39. The third kappa shape index (κ3) is 8.29. The number of rotatable bonds is 6. The highest BCUT2D eigenvalue weighted by Crippen LogP contribution is 2.22. The van der Waals surface area contributed by atoms with Crippen LogP contribution in [-0.4, -0.2) is 13.1 Å². The Morgan fingerprint density at radius 1 is 1.15 bits per heavy atom. The van der Waals surface area contributed by atoms with Crippen molar-refractivity contribution < 1.29 is 0 Å². The number of hydrogen-bond acceptors (Lipinski definition) is 1. The van der Waals surface area contributed by atoms with Crippen LogP contribution in [0, 0.1) is 5.41 Å². The van der Waals surface area contributed by atoms with Crippen LogP contribution in [0.25, 0.3) is 0 Å². The van der Waals surface area contributed by atoms with Crippen LogP contribution in [0.15, 0.2) is 0 Å². The highest BCUT2D eigenvalue weighted by atomic mass is 14.9. The second-order valence-electron chi connectivity index (χ2n) is 5.23. The average Bonchev–Trinajstić information content (AvgIpc) is 2.01. The molecule has 0 bridgehead atoms. The van der Waals surface area contributed by atoms with Gasteiger partial charge in [-0.25, -0.2) is 0 Å². The summed E-state index contributed by atoms with van der Waals surface area (Å²) in [6, 6.07) is 0.743. The lowest BCUT2D eigenvalue weighted by molar-refractivity contribution is 0.341. The van der Waals surface area contributed by atoms with E-state index in [0.717, 1.165) is 6.04 Å². The van der Waals surface area contributed by atoms with Crippen LogP contribution in [0.3, 0.4) is 0 Å². The summed E-state index contributed by atoms with van der Waals surface area (Å²) in [5.41, 5.74) is 0.504. The molecule has 0 rings (SSSR count). The minimum absolute atomic E-state index is 0.504. The van der Waals surface area contributed by atoms with Crippen LogP contribution in [0.2, 0.25) is 0 Å². The molecule has 80 valence electrons. The molecule has 0 saturated carbocycles. The molecule has 1 atom stereocenters. The van der Waals surface area contributed by atoms with Crippen molar-refractivity contribution in [3.8, 4) is 0 Å². The van der Waals surface area contributed by atoms with Crippen molar-refractivity contribution in [2.75, 3.05) is 7.05 Å². The Morgan fingerprint density at radius 3 is 2.15 bits per heavy atom. The Bertz CT molecular complexity index is 113. The van der Waals surface area contributed by atoms with Gasteiger partial charge in [0.05, 0.1) is 0 Å². The lowest BCUT2D eigenvalue weighted by Crippen LogP contribution is -2.25. The Kier molecular flexibility index (Phi) is 6.40. The summed E-state index contributed by atoms with van der Waals surface area (Å²) < 4.78 is 0. The Labute approximate surface area is 84.3 Å². The van der Waals surface area contributed by atoms with E-state index in [-0.39, 0.29) is 0 Å². The zero-order valence-electron chi connectivity index (χ0n) is 10.1.